The van der Waals surface area contributed by atoms with Crippen molar-refractivity contribution in [3.05, 3.63) is 29.8 Å². The molecule has 3 nitrogen and oxygen atoms in total. The van der Waals surface area contributed by atoms with Crippen molar-refractivity contribution in [3.8, 4) is 5.75 Å². The van der Waals surface area contributed by atoms with E-state index in [0.717, 1.165) is 11.3 Å². The topological polar surface area (TPSA) is 38.3 Å². The highest BCUT2D eigenvalue weighted by Gasteiger charge is 2.08. The lowest BCUT2D eigenvalue weighted by Gasteiger charge is -2.10. The number of hydrogen-bond acceptors (Lipinski definition) is 2. The molecule has 15 heavy (non-hydrogen) atoms. The highest BCUT2D eigenvalue weighted by Crippen LogP contribution is 2.17. The molecular weight excluding hydrogens is 190 g/mol. The normalized spacial score (nSPS) is 10.1. The molecule has 0 heterocycles. The number of ether oxygens (including phenoxy) is 1. The van der Waals surface area contributed by atoms with Gasteiger partial charge >= 0.3 is 0 Å². The molecule has 0 saturated heterocycles. The first-order chi connectivity index (χ1) is 7.13. The van der Waals surface area contributed by atoms with Crippen molar-refractivity contribution in [3.63, 3.8) is 0 Å². The maximum Gasteiger partial charge on any atom is 0.224 e. The number of benzene rings is 1. The predicted octanol–water partition coefficient (Wildman–Crippen LogP) is 1.76. The molecule has 0 aliphatic carbocycles. The summed E-state index contributed by atoms with van der Waals surface area (Å²) in [5.74, 6) is 0.783. The third kappa shape index (κ3) is 3.62. The summed E-state index contributed by atoms with van der Waals surface area (Å²) >= 11 is 0. The van der Waals surface area contributed by atoms with Crippen LogP contribution < -0.4 is 10.1 Å². The number of rotatable bonds is 4. The first-order valence-electron chi connectivity index (χ1n) is 5.04. The molecule has 0 bridgehead atoms. The summed E-state index contributed by atoms with van der Waals surface area (Å²) in [5.41, 5.74) is 0.915. The fourth-order valence-electron chi connectivity index (χ4n) is 1.39. The van der Waals surface area contributed by atoms with Crippen LogP contribution in [0.5, 0.6) is 5.75 Å². The zero-order chi connectivity index (χ0) is 11.3. The molecule has 0 aromatic heterocycles. The third-order valence-electron chi connectivity index (χ3n) is 1.99. The number of hydrogen-bond donors (Lipinski definition) is 1. The monoisotopic (exact) mass is 207 g/mol. The molecule has 82 valence electrons. The van der Waals surface area contributed by atoms with Gasteiger partial charge in [-0.05, 0) is 19.9 Å². The van der Waals surface area contributed by atoms with Crippen LogP contribution >= 0.6 is 0 Å². The van der Waals surface area contributed by atoms with Crippen LogP contribution in [0.25, 0.3) is 0 Å². The van der Waals surface area contributed by atoms with Crippen LogP contribution in [0, 0.1) is 0 Å². The highest BCUT2D eigenvalue weighted by atomic mass is 16.5. The van der Waals surface area contributed by atoms with E-state index in [4.69, 9.17) is 4.74 Å². The van der Waals surface area contributed by atoms with Gasteiger partial charge in [-0.15, -0.1) is 0 Å². The molecule has 0 unspecified atom stereocenters. The van der Waals surface area contributed by atoms with E-state index in [0.29, 0.717) is 6.42 Å². The molecule has 0 radical (unpaired) electrons. The number of nitrogens with one attached hydrogen (secondary N) is 1. The van der Waals surface area contributed by atoms with E-state index in [1.165, 1.54) is 0 Å². The van der Waals surface area contributed by atoms with Crippen molar-refractivity contribution >= 4 is 5.91 Å². The number of methoxy groups -OCH3 is 1. The first-order valence-corrected chi connectivity index (χ1v) is 5.04. The van der Waals surface area contributed by atoms with E-state index in [-0.39, 0.29) is 11.9 Å². The highest BCUT2D eigenvalue weighted by molar-refractivity contribution is 5.79. The molecule has 1 rings (SSSR count). The molecule has 0 spiro atoms. The largest absolute Gasteiger partial charge is 0.496 e. The number of carbonyl (C=O) groups is 1. The molecule has 1 N–H and O–H groups in total. The minimum absolute atomic E-state index is 0.0227. The fourth-order valence-corrected chi connectivity index (χ4v) is 1.39. The van der Waals surface area contributed by atoms with Crippen LogP contribution in [0.3, 0.4) is 0 Å². The van der Waals surface area contributed by atoms with E-state index in [1.54, 1.807) is 7.11 Å². The third-order valence-corrected chi connectivity index (χ3v) is 1.99. The van der Waals surface area contributed by atoms with Gasteiger partial charge in [-0.1, -0.05) is 18.2 Å². The lowest BCUT2D eigenvalue weighted by atomic mass is 10.1. The SMILES string of the molecule is COc1ccccc1CC(=O)NC(C)C. The molecule has 0 fully saturated rings. The smallest absolute Gasteiger partial charge is 0.224 e. The van der Waals surface area contributed by atoms with Crippen molar-refractivity contribution in [2.45, 2.75) is 26.3 Å². The molecule has 0 aliphatic heterocycles. The molecular formula is C12H17NO2. The molecule has 0 atom stereocenters. The Hall–Kier alpha value is -1.51. The summed E-state index contributed by atoms with van der Waals surface area (Å²) in [6.07, 6.45) is 0.363. The van der Waals surface area contributed by atoms with Crippen LogP contribution in [0.2, 0.25) is 0 Å². The second kappa shape index (κ2) is 5.39. The summed E-state index contributed by atoms with van der Waals surface area (Å²) < 4.78 is 5.17. The van der Waals surface area contributed by atoms with E-state index in [9.17, 15) is 4.79 Å². The molecule has 0 aliphatic rings. The predicted molar refractivity (Wildman–Crippen MR) is 60.0 cm³/mol. The second-order valence-corrected chi connectivity index (χ2v) is 3.71. The van der Waals surface area contributed by atoms with Gasteiger partial charge in [0, 0.05) is 11.6 Å². The van der Waals surface area contributed by atoms with Crippen molar-refractivity contribution < 1.29 is 9.53 Å². The number of carbonyl (C=O) groups excluding carboxylic acids is 1. The van der Waals surface area contributed by atoms with Crippen molar-refractivity contribution in [2.24, 2.45) is 0 Å². The Morgan fingerprint density at radius 2 is 2.07 bits per heavy atom. The van der Waals surface area contributed by atoms with Gasteiger partial charge in [0.15, 0.2) is 0 Å². The maximum atomic E-state index is 11.5. The quantitative estimate of drug-likeness (QED) is 0.817. The minimum Gasteiger partial charge on any atom is -0.496 e. The maximum absolute atomic E-state index is 11.5. The number of amides is 1. The summed E-state index contributed by atoms with van der Waals surface area (Å²) in [6.45, 7) is 3.89. The lowest BCUT2D eigenvalue weighted by Crippen LogP contribution is -2.31. The second-order valence-electron chi connectivity index (χ2n) is 3.71. The Bertz CT molecular complexity index is 334. The van der Waals surface area contributed by atoms with Crippen molar-refractivity contribution in [1.82, 2.24) is 5.32 Å². The van der Waals surface area contributed by atoms with Gasteiger partial charge in [-0.3, -0.25) is 4.79 Å². The van der Waals surface area contributed by atoms with Crippen LogP contribution in [-0.2, 0) is 11.2 Å². The Kier molecular flexibility index (Phi) is 4.16. The van der Waals surface area contributed by atoms with Gasteiger partial charge in [-0.2, -0.15) is 0 Å². The lowest BCUT2D eigenvalue weighted by molar-refractivity contribution is -0.120. The standard InChI is InChI=1S/C12H17NO2/c1-9(2)13-12(14)8-10-6-4-5-7-11(10)15-3/h4-7,9H,8H2,1-3H3,(H,13,14). The van der Waals surface area contributed by atoms with Crippen LogP contribution in [-0.4, -0.2) is 19.1 Å². The average molecular weight is 207 g/mol. The summed E-state index contributed by atoms with van der Waals surface area (Å²) in [5, 5.41) is 2.85. The van der Waals surface area contributed by atoms with Gasteiger partial charge in [0.2, 0.25) is 5.91 Å². The van der Waals surface area contributed by atoms with Crippen LogP contribution in [0.15, 0.2) is 24.3 Å². The Labute approximate surface area is 90.4 Å². The van der Waals surface area contributed by atoms with E-state index in [2.05, 4.69) is 5.32 Å². The van der Waals surface area contributed by atoms with E-state index < -0.39 is 0 Å². The summed E-state index contributed by atoms with van der Waals surface area (Å²) in [6, 6.07) is 7.73. The first kappa shape index (κ1) is 11.6. The van der Waals surface area contributed by atoms with E-state index >= 15 is 0 Å². The Morgan fingerprint density at radius 1 is 1.40 bits per heavy atom. The molecule has 0 saturated carbocycles. The van der Waals surface area contributed by atoms with Crippen molar-refractivity contribution in [1.29, 1.82) is 0 Å². The van der Waals surface area contributed by atoms with Gasteiger partial charge in [-0.25, -0.2) is 0 Å². The van der Waals surface area contributed by atoms with Crippen molar-refractivity contribution in [2.75, 3.05) is 7.11 Å². The zero-order valence-electron chi connectivity index (χ0n) is 9.41. The van der Waals surface area contributed by atoms with Gasteiger partial charge < -0.3 is 10.1 Å². The van der Waals surface area contributed by atoms with E-state index in [1.807, 2.05) is 38.1 Å². The minimum atomic E-state index is 0.0227. The molecule has 3 heteroatoms. The van der Waals surface area contributed by atoms with Gasteiger partial charge in [0.25, 0.3) is 0 Å². The average Bonchev–Trinajstić information content (AvgIpc) is 2.17. The van der Waals surface area contributed by atoms with Crippen LogP contribution in [0.1, 0.15) is 19.4 Å². The zero-order valence-corrected chi connectivity index (χ0v) is 9.41. The summed E-state index contributed by atoms with van der Waals surface area (Å²) in [4.78, 5) is 11.5. The van der Waals surface area contributed by atoms with Gasteiger partial charge in [0.05, 0.1) is 13.5 Å². The summed E-state index contributed by atoms with van der Waals surface area (Å²) in [7, 11) is 1.61. The Balaban J connectivity index is 2.67. The molecule has 1 aromatic carbocycles. The Morgan fingerprint density at radius 3 is 2.67 bits per heavy atom. The molecule has 1 amide bonds. The number of para-hydroxylation sites is 1. The fraction of sp³-hybridized carbons (Fsp3) is 0.417. The molecule has 1 aromatic rings. The van der Waals surface area contributed by atoms with Crippen LogP contribution in [0.4, 0.5) is 0 Å². The van der Waals surface area contributed by atoms with Gasteiger partial charge in [0.1, 0.15) is 5.75 Å².